The predicted octanol–water partition coefficient (Wildman–Crippen LogP) is 5.41. The van der Waals surface area contributed by atoms with Gasteiger partial charge in [0.1, 0.15) is 23.9 Å². The summed E-state index contributed by atoms with van der Waals surface area (Å²) in [5.74, 6) is -0.575. The SMILES string of the molecule is CCOC(=O)C1=C(C)NC2=C(C(=O)CCC2)C1c1ccc(COc2cccc(C(F)(F)F)c2)o1. The molecule has 4 rings (SSSR count). The zero-order valence-electron chi connectivity index (χ0n) is 18.8. The van der Waals surface area contributed by atoms with Crippen LogP contribution in [-0.2, 0) is 27.1 Å². The topological polar surface area (TPSA) is 77.8 Å². The van der Waals surface area contributed by atoms with Crippen LogP contribution in [0.15, 0.2) is 63.4 Å². The molecule has 180 valence electrons. The number of dihydropyridines is 1. The van der Waals surface area contributed by atoms with E-state index in [1.807, 2.05) is 0 Å². The Balaban J connectivity index is 1.62. The second-order valence-corrected chi connectivity index (χ2v) is 8.10. The van der Waals surface area contributed by atoms with E-state index < -0.39 is 23.6 Å². The molecular weight excluding hydrogens is 451 g/mol. The highest BCUT2D eigenvalue weighted by Gasteiger charge is 2.40. The maximum atomic E-state index is 12.9. The van der Waals surface area contributed by atoms with E-state index >= 15 is 0 Å². The van der Waals surface area contributed by atoms with Gasteiger partial charge in [-0.05, 0) is 57.0 Å². The molecule has 1 aromatic carbocycles. The van der Waals surface area contributed by atoms with Crippen LogP contribution in [0.5, 0.6) is 5.75 Å². The average molecular weight is 475 g/mol. The summed E-state index contributed by atoms with van der Waals surface area (Å²) in [5, 5.41) is 3.19. The number of rotatable bonds is 6. The lowest BCUT2D eigenvalue weighted by atomic mass is 9.77. The lowest BCUT2D eigenvalue weighted by Crippen LogP contribution is -2.34. The van der Waals surface area contributed by atoms with Gasteiger partial charge in [0.2, 0.25) is 0 Å². The van der Waals surface area contributed by atoms with Crippen molar-refractivity contribution in [3.05, 3.63) is 76.0 Å². The molecule has 0 bridgehead atoms. The maximum absolute atomic E-state index is 12.9. The van der Waals surface area contributed by atoms with E-state index in [1.165, 1.54) is 12.1 Å². The molecule has 1 N–H and O–H groups in total. The van der Waals surface area contributed by atoms with Crippen LogP contribution in [0.4, 0.5) is 13.2 Å². The predicted molar refractivity (Wildman–Crippen MR) is 116 cm³/mol. The Kier molecular flexibility index (Phi) is 6.54. The molecule has 0 radical (unpaired) electrons. The summed E-state index contributed by atoms with van der Waals surface area (Å²) in [4.78, 5) is 25.6. The van der Waals surface area contributed by atoms with Crippen LogP contribution in [0.3, 0.4) is 0 Å². The quantitative estimate of drug-likeness (QED) is 0.563. The Labute approximate surface area is 194 Å². The number of alkyl halides is 3. The number of nitrogens with one attached hydrogen (secondary N) is 1. The lowest BCUT2D eigenvalue weighted by molar-refractivity contribution is -0.139. The van der Waals surface area contributed by atoms with Crippen LogP contribution >= 0.6 is 0 Å². The number of furan rings is 1. The number of ether oxygens (including phenoxy) is 2. The number of allylic oxidation sites excluding steroid dienone is 3. The highest BCUT2D eigenvalue weighted by Crippen LogP contribution is 2.43. The number of carbonyl (C=O) groups is 2. The number of carbonyl (C=O) groups excluding carboxylic acids is 2. The fraction of sp³-hybridized carbons (Fsp3) is 0.360. The second-order valence-electron chi connectivity index (χ2n) is 8.10. The van der Waals surface area contributed by atoms with Gasteiger partial charge in [0.05, 0.1) is 23.7 Å². The molecule has 2 aromatic rings. The Morgan fingerprint density at radius 2 is 2.00 bits per heavy atom. The Morgan fingerprint density at radius 1 is 1.21 bits per heavy atom. The molecular formula is C25H24F3NO5. The molecule has 0 saturated heterocycles. The summed E-state index contributed by atoms with van der Waals surface area (Å²) < 4.78 is 55.5. The molecule has 0 fully saturated rings. The van der Waals surface area contributed by atoms with Crippen molar-refractivity contribution in [2.24, 2.45) is 0 Å². The Hall–Kier alpha value is -3.49. The van der Waals surface area contributed by atoms with Crippen molar-refractivity contribution in [1.82, 2.24) is 5.32 Å². The van der Waals surface area contributed by atoms with Crippen LogP contribution < -0.4 is 10.1 Å². The largest absolute Gasteiger partial charge is 0.486 e. The Bertz CT molecular complexity index is 1180. The first-order valence-corrected chi connectivity index (χ1v) is 11.0. The number of halogens is 3. The highest BCUT2D eigenvalue weighted by atomic mass is 19.4. The van der Waals surface area contributed by atoms with Crippen molar-refractivity contribution in [2.75, 3.05) is 6.61 Å². The highest BCUT2D eigenvalue weighted by molar-refractivity contribution is 6.03. The van der Waals surface area contributed by atoms with Crippen molar-refractivity contribution in [3.63, 3.8) is 0 Å². The van der Waals surface area contributed by atoms with Gasteiger partial charge in [-0.1, -0.05) is 6.07 Å². The zero-order valence-corrected chi connectivity index (χ0v) is 18.8. The molecule has 1 aromatic heterocycles. The van der Waals surface area contributed by atoms with Gasteiger partial charge in [-0.2, -0.15) is 13.2 Å². The van der Waals surface area contributed by atoms with Gasteiger partial charge in [0.15, 0.2) is 5.78 Å². The maximum Gasteiger partial charge on any atom is 0.416 e. The normalized spacial score (nSPS) is 18.5. The van der Waals surface area contributed by atoms with E-state index in [9.17, 15) is 22.8 Å². The summed E-state index contributed by atoms with van der Waals surface area (Å²) in [5.41, 5.74) is 1.34. The van der Waals surface area contributed by atoms with Crippen molar-refractivity contribution in [3.8, 4) is 5.75 Å². The monoisotopic (exact) mass is 475 g/mol. The van der Waals surface area contributed by atoms with E-state index in [4.69, 9.17) is 13.9 Å². The van der Waals surface area contributed by atoms with Gasteiger partial charge in [-0.3, -0.25) is 4.79 Å². The van der Waals surface area contributed by atoms with E-state index in [0.717, 1.165) is 17.8 Å². The van der Waals surface area contributed by atoms with E-state index in [2.05, 4.69) is 5.32 Å². The van der Waals surface area contributed by atoms with Crippen LogP contribution in [0.1, 0.15) is 56.1 Å². The first-order valence-electron chi connectivity index (χ1n) is 11.0. The van der Waals surface area contributed by atoms with Crippen LogP contribution in [0.25, 0.3) is 0 Å². The van der Waals surface area contributed by atoms with Gasteiger partial charge in [-0.25, -0.2) is 4.79 Å². The van der Waals surface area contributed by atoms with Crippen molar-refractivity contribution in [2.45, 2.75) is 51.8 Å². The van der Waals surface area contributed by atoms with Gasteiger partial charge in [0.25, 0.3) is 0 Å². The minimum absolute atomic E-state index is 0.0463. The van der Waals surface area contributed by atoms with Crippen LogP contribution in [-0.4, -0.2) is 18.4 Å². The number of hydrogen-bond donors (Lipinski definition) is 1. The Morgan fingerprint density at radius 3 is 2.74 bits per heavy atom. The van der Waals surface area contributed by atoms with Crippen molar-refractivity contribution >= 4 is 11.8 Å². The molecule has 0 spiro atoms. The molecule has 6 nitrogen and oxygen atoms in total. The molecule has 2 aliphatic rings. The molecule has 2 heterocycles. The van der Waals surface area contributed by atoms with E-state index in [1.54, 1.807) is 26.0 Å². The molecule has 1 aliphatic heterocycles. The van der Waals surface area contributed by atoms with Crippen LogP contribution in [0, 0.1) is 0 Å². The third-order valence-corrected chi connectivity index (χ3v) is 5.78. The lowest BCUT2D eigenvalue weighted by Gasteiger charge is -2.32. The molecule has 0 saturated carbocycles. The molecule has 34 heavy (non-hydrogen) atoms. The fourth-order valence-corrected chi connectivity index (χ4v) is 4.29. The average Bonchev–Trinajstić information content (AvgIpc) is 3.25. The summed E-state index contributed by atoms with van der Waals surface area (Å²) in [6.45, 7) is 3.51. The molecule has 9 heteroatoms. The molecule has 1 aliphatic carbocycles. The van der Waals surface area contributed by atoms with Gasteiger partial charge >= 0.3 is 12.1 Å². The minimum Gasteiger partial charge on any atom is -0.486 e. The van der Waals surface area contributed by atoms with Gasteiger partial charge in [-0.15, -0.1) is 0 Å². The first kappa shape index (κ1) is 23.7. The van der Waals surface area contributed by atoms with Crippen LogP contribution in [0.2, 0.25) is 0 Å². The number of hydrogen-bond acceptors (Lipinski definition) is 6. The number of benzene rings is 1. The number of ketones is 1. The molecule has 0 amide bonds. The standard InChI is InChI=1S/C25H24F3NO5/c1-3-32-24(31)21-14(2)29-18-8-5-9-19(30)22(18)23(21)20-11-10-17(34-20)13-33-16-7-4-6-15(12-16)25(26,27)28/h4,6-7,10-12,23,29H,3,5,8-9,13H2,1-2H3. The van der Waals surface area contributed by atoms with Crippen molar-refractivity contribution in [1.29, 1.82) is 0 Å². The second kappa shape index (κ2) is 9.40. The fourth-order valence-electron chi connectivity index (χ4n) is 4.29. The summed E-state index contributed by atoms with van der Waals surface area (Å²) >= 11 is 0. The first-order chi connectivity index (χ1) is 16.2. The zero-order chi connectivity index (χ0) is 24.5. The smallest absolute Gasteiger partial charge is 0.416 e. The molecule has 1 unspecified atom stereocenters. The third-order valence-electron chi connectivity index (χ3n) is 5.78. The van der Waals surface area contributed by atoms with E-state index in [-0.39, 0.29) is 24.7 Å². The summed E-state index contributed by atoms with van der Waals surface area (Å²) in [6.07, 6.45) is -2.71. The van der Waals surface area contributed by atoms with Gasteiger partial charge < -0.3 is 19.2 Å². The van der Waals surface area contributed by atoms with Crippen molar-refractivity contribution < 1.29 is 36.7 Å². The third kappa shape index (κ3) is 4.73. The minimum atomic E-state index is -4.47. The number of esters is 1. The number of Topliss-reactive ketones (excluding diaryl/α,β-unsaturated/α-hetero) is 1. The summed E-state index contributed by atoms with van der Waals surface area (Å²) in [6, 6.07) is 7.85. The van der Waals surface area contributed by atoms with E-state index in [0.29, 0.717) is 47.6 Å². The van der Waals surface area contributed by atoms with Gasteiger partial charge in [0, 0.05) is 23.4 Å². The summed E-state index contributed by atoms with van der Waals surface area (Å²) in [7, 11) is 0. The molecule has 1 atom stereocenters.